The summed E-state index contributed by atoms with van der Waals surface area (Å²) in [6.45, 7) is 7.15. The Balaban J connectivity index is 2.61. The van der Waals surface area contributed by atoms with E-state index in [1.807, 2.05) is 6.92 Å². The molecule has 0 unspecified atom stereocenters. The predicted octanol–water partition coefficient (Wildman–Crippen LogP) is 2.48. The molecule has 0 aliphatic heterocycles. The van der Waals surface area contributed by atoms with Crippen LogP contribution in [0.4, 0.5) is 0 Å². The second-order valence-corrected chi connectivity index (χ2v) is 5.35. The first-order valence-corrected chi connectivity index (χ1v) is 6.32. The summed E-state index contributed by atoms with van der Waals surface area (Å²) in [5.74, 6) is 0. The Morgan fingerprint density at radius 1 is 1.36 bits per heavy atom. The highest BCUT2D eigenvalue weighted by molar-refractivity contribution is 6.39. The van der Waals surface area contributed by atoms with Crippen molar-refractivity contribution in [2.24, 2.45) is 0 Å². The van der Waals surface area contributed by atoms with Gasteiger partial charge in [-0.2, -0.15) is 0 Å². The average Bonchev–Trinajstić information content (AvgIpc) is 2.18. The molecule has 1 nitrogen and oxygen atoms in total. The van der Waals surface area contributed by atoms with E-state index in [1.165, 1.54) is 16.3 Å². The quantitative estimate of drug-likeness (QED) is 0.688. The molecule has 76 valence electrons. The molecule has 0 saturated heterocycles. The van der Waals surface area contributed by atoms with Gasteiger partial charge in [-0.3, -0.25) is 0 Å². The van der Waals surface area contributed by atoms with Crippen LogP contribution in [0, 0.1) is 6.92 Å². The molecule has 14 heavy (non-hydrogen) atoms. The first-order chi connectivity index (χ1) is 6.72. The van der Waals surface area contributed by atoms with Crippen LogP contribution < -0.4 is 0 Å². The third kappa shape index (κ3) is 3.90. The minimum Gasteiger partial charge on any atom is -0.419 e. The van der Waals surface area contributed by atoms with Crippen molar-refractivity contribution in [2.75, 3.05) is 6.61 Å². The van der Waals surface area contributed by atoms with Gasteiger partial charge in [-0.1, -0.05) is 41.1 Å². The summed E-state index contributed by atoms with van der Waals surface area (Å²) in [4.78, 5) is 0. The summed E-state index contributed by atoms with van der Waals surface area (Å²) in [6, 6.07) is 8.58. The zero-order valence-corrected chi connectivity index (χ0v) is 10.6. The Labute approximate surface area is 88.7 Å². The first-order valence-electron chi connectivity index (χ1n) is 5.04. The van der Waals surface area contributed by atoms with E-state index in [9.17, 15) is 0 Å². The van der Waals surface area contributed by atoms with Gasteiger partial charge in [-0.25, -0.2) is 0 Å². The van der Waals surface area contributed by atoms with E-state index < -0.39 is 9.76 Å². The highest BCUT2D eigenvalue weighted by Crippen LogP contribution is 2.07. The summed E-state index contributed by atoms with van der Waals surface area (Å²) < 4.78 is 5.46. The molecule has 0 atom stereocenters. The molecule has 1 aromatic carbocycles. The second-order valence-electron chi connectivity index (χ2n) is 3.54. The summed E-state index contributed by atoms with van der Waals surface area (Å²) in [5, 5.41) is 1.40. The topological polar surface area (TPSA) is 9.23 Å². The van der Waals surface area contributed by atoms with Crippen LogP contribution in [0.15, 0.2) is 29.5 Å². The maximum atomic E-state index is 5.46. The molecule has 0 spiro atoms. The van der Waals surface area contributed by atoms with Crippen molar-refractivity contribution in [3.63, 3.8) is 0 Å². The van der Waals surface area contributed by atoms with E-state index in [4.69, 9.17) is 4.43 Å². The first kappa shape index (κ1) is 11.2. The molecule has 0 saturated carbocycles. The van der Waals surface area contributed by atoms with Crippen molar-refractivity contribution in [1.82, 2.24) is 0 Å². The van der Waals surface area contributed by atoms with Crippen molar-refractivity contribution in [3.05, 3.63) is 40.6 Å². The van der Waals surface area contributed by atoms with Crippen molar-refractivity contribution in [3.8, 4) is 0 Å². The molecular weight excluding hydrogens is 188 g/mol. The van der Waals surface area contributed by atoms with Gasteiger partial charge < -0.3 is 4.43 Å². The molecule has 0 aliphatic rings. The highest BCUT2D eigenvalue weighted by Gasteiger charge is 1.92. The number of benzene rings is 1. The number of allylic oxidation sites excluding steroid dienone is 1. The Hall–Kier alpha value is -0.863. The lowest BCUT2D eigenvalue weighted by Crippen LogP contribution is -1.99. The summed E-state index contributed by atoms with van der Waals surface area (Å²) in [5.41, 5.74) is 2.59. The maximum absolute atomic E-state index is 5.46. The minimum absolute atomic E-state index is 0.457. The van der Waals surface area contributed by atoms with Gasteiger partial charge in [-0.15, -0.1) is 0 Å². The highest BCUT2D eigenvalue weighted by atomic mass is 28.2. The van der Waals surface area contributed by atoms with E-state index in [0.717, 1.165) is 6.61 Å². The van der Waals surface area contributed by atoms with Crippen LogP contribution in [-0.2, 0) is 4.43 Å². The molecule has 0 aliphatic carbocycles. The van der Waals surface area contributed by atoms with Gasteiger partial charge in [0.15, 0.2) is 9.76 Å². The Kier molecular flexibility index (Phi) is 4.63. The lowest BCUT2D eigenvalue weighted by Gasteiger charge is -2.01. The largest absolute Gasteiger partial charge is 0.419 e. The monoisotopic (exact) mass is 206 g/mol. The van der Waals surface area contributed by atoms with E-state index in [-0.39, 0.29) is 0 Å². The lowest BCUT2D eigenvalue weighted by molar-refractivity contribution is 0.365. The minimum atomic E-state index is -0.457. The molecule has 0 radical (unpaired) electrons. The lowest BCUT2D eigenvalue weighted by atomic mass is 10.1. The predicted molar refractivity (Wildman–Crippen MR) is 65.0 cm³/mol. The molecular formula is C12H18OSi. The molecule has 2 heteroatoms. The molecule has 0 aromatic heterocycles. The van der Waals surface area contributed by atoms with Crippen molar-refractivity contribution in [2.45, 2.75) is 20.8 Å². The molecule has 0 bridgehead atoms. The van der Waals surface area contributed by atoms with Crippen LogP contribution in [0.25, 0.3) is 6.08 Å². The van der Waals surface area contributed by atoms with Gasteiger partial charge in [0.2, 0.25) is 0 Å². The maximum Gasteiger partial charge on any atom is 0.187 e. The van der Waals surface area contributed by atoms with Crippen LogP contribution in [0.5, 0.6) is 0 Å². The van der Waals surface area contributed by atoms with Crippen molar-refractivity contribution < 1.29 is 4.43 Å². The van der Waals surface area contributed by atoms with Crippen LogP contribution in [0.1, 0.15) is 25.0 Å². The third-order valence-corrected chi connectivity index (χ3v) is 3.30. The normalized spacial score (nSPS) is 12.6. The van der Waals surface area contributed by atoms with E-state index in [2.05, 4.69) is 44.2 Å². The van der Waals surface area contributed by atoms with Gasteiger partial charge in [0.1, 0.15) is 0 Å². The van der Waals surface area contributed by atoms with Crippen molar-refractivity contribution >= 4 is 15.8 Å². The SMILES string of the molecule is CCO[SiH2]C(C)=Cc1ccc(C)cc1. The summed E-state index contributed by atoms with van der Waals surface area (Å²) in [7, 11) is -0.457. The number of hydrogen-bond acceptors (Lipinski definition) is 1. The van der Waals surface area contributed by atoms with Crippen LogP contribution in [0.2, 0.25) is 0 Å². The number of hydrogen-bond donors (Lipinski definition) is 0. The Bertz CT molecular complexity index is 301. The molecule has 0 N–H and O–H groups in total. The third-order valence-electron chi connectivity index (χ3n) is 2.02. The Morgan fingerprint density at radius 2 is 2.00 bits per heavy atom. The van der Waals surface area contributed by atoms with E-state index in [1.54, 1.807) is 0 Å². The average molecular weight is 206 g/mol. The van der Waals surface area contributed by atoms with Crippen LogP contribution in [0.3, 0.4) is 0 Å². The fraction of sp³-hybridized carbons (Fsp3) is 0.333. The van der Waals surface area contributed by atoms with E-state index in [0.29, 0.717) is 0 Å². The standard InChI is InChI=1S/C12H18OSi/c1-4-13-14-11(3)9-12-7-5-10(2)6-8-12/h5-9H,4,14H2,1-3H3. The smallest absolute Gasteiger partial charge is 0.187 e. The molecule has 0 fully saturated rings. The van der Waals surface area contributed by atoms with Crippen LogP contribution >= 0.6 is 0 Å². The number of aryl methyl sites for hydroxylation is 1. The molecule has 0 amide bonds. The molecule has 1 rings (SSSR count). The summed E-state index contributed by atoms with van der Waals surface area (Å²) >= 11 is 0. The second kappa shape index (κ2) is 5.78. The number of rotatable bonds is 4. The van der Waals surface area contributed by atoms with Gasteiger partial charge >= 0.3 is 0 Å². The van der Waals surface area contributed by atoms with Gasteiger partial charge in [0.25, 0.3) is 0 Å². The summed E-state index contributed by atoms with van der Waals surface area (Å²) in [6.07, 6.45) is 2.22. The fourth-order valence-electron chi connectivity index (χ4n) is 1.25. The zero-order chi connectivity index (χ0) is 10.4. The van der Waals surface area contributed by atoms with Crippen molar-refractivity contribution in [1.29, 1.82) is 0 Å². The fourth-order valence-corrected chi connectivity index (χ4v) is 2.10. The van der Waals surface area contributed by atoms with Crippen LogP contribution in [-0.4, -0.2) is 16.4 Å². The zero-order valence-electron chi connectivity index (χ0n) is 9.21. The molecule has 1 aromatic rings. The van der Waals surface area contributed by atoms with Gasteiger partial charge in [0, 0.05) is 6.61 Å². The van der Waals surface area contributed by atoms with E-state index >= 15 is 0 Å². The Morgan fingerprint density at radius 3 is 2.57 bits per heavy atom. The molecule has 0 heterocycles. The van der Waals surface area contributed by atoms with Gasteiger partial charge in [0.05, 0.1) is 0 Å². The van der Waals surface area contributed by atoms with Gasteiger partial charge in [-0.05, 0) is 26.3 Å².